The number of aliphatic carboxylic acids is 2. The van der Waals surface area contributed by atoms with E-state index in [1.165, 1.54) is 0 Å². The molecule has 26 heavy (non-hydrogen) atoms. The van der Waals surface area contributed by atoms with Crippen LogP contribution in [0.15, 0.2) is 0 Å². The number of carboxylic acids is 2. The van der Waals surface area contributed by atoms with Gasteiger partial charge in [0.1, 0.15) is 11.5 Å². The van der Waals surface area contributed by atoms with Crippen molar-refractivity contribution in [3.63, 3.8) is 0 Å². The Balaban J connectivity index is 3.76. The second-order valence-electron chi connectivity index (χ2n) is 8.88. The van der Waals surface area contributed by atoms with Gasteiger partial charge in [0, 0.05) is 12.8 Å². The van der Waals surface area contributed by atoms with Gasteiger partial charge in [-0.25, -0.2) is 0 Å². The molecule has 6 heteroatoms. The Hall–Kier alpha value is -0.750. The van der Waals surface area contributed by atoms with Crippen molar-refractivity contribution in [2.45, 2.75) is 91.9 Å². The molecule has 154 valence electrons. The van der Waals surface area contributed by atoms with Gasteiger partial charge in [0.25, 0.3) is 0 Å². The number of carbonyl (C=O) groups is 2. The van der Waals surface area contributed by atoms with Crippen molar-refractivity contribution in [2.75, 3.05) is 11.5 Å². The predicted molar refractivity (Wildman–Crippen MR) is 107 cm³/mol. The van der Waals surface area contributed by atoms with E-state index < -0.39 is 23.1 Å². The molecule has 0 unspecified atom stereocenters. The average molecular weight is 391 g/mol. The van der Waals surface area contributed by atoms with Crippen molar-refractivity contribution in [2.24, 2.45) is 10.8 Å². The number of unbranched alkanes of at least 4 members (excludes halogenated alkanes) is 2. The van der Waals surface area contributed by atoms with Crippen molar-refractivity contribution in [3.8, 4) is 0 Å². The first-order valence-electron chi connectivity index (χ1n) is 9.72. The van der Waals surface area contributed by atoms with Gasteiger partial charge in [-0.15, -0.1) is 0 Å². The highest BCUT2D eigenvalue weighted by molar-refractivity contribution is 7.91. The zero-order valence-corrected chi connectivity index (χ0v) is 17.8. The largest absolute Gasteiger partial charge is 0.616 e. The average Bonchev–Trinajstić information content (AvgIpc) is 2.52. The Morgan fingerprint density at radius 2 is 1.08 bits per heavy atom. The van der Waals surface area contributed by atoms with Crippen LogP contribution < -0.4 is 0 Å². The summed E-state index contributed by atoms with van der Waals surface area (Å²) in [6.07, 6.45) is 7.54. The maximum atomic E-state index is 12.1. The van der Waals surface area contributed by atoms with Crippen LogP contribution in [-0.4, -0.2) is 38.2 Å². The van der Waals surface area contributed by atoms with E-state index in [9.17, 15) is 14.1 Å². The first kappa shape index (κ1) is 25.2. The number of hydrogen-bond acceptors (Lipinski definition) is 3. The lowest BCUT2D eigenvalue weighted by molar-refractivity contribution is -0.138. The predicted octanol–water partition coefficient (Wildman–Crippen LogP) is 4.86. The summed E-state index contributed by atoms with van der Waals surface area (Å²) < 4.78 is 12.1. The zero-order valence-electron chi connectivity index (χ0n) is 17.0. The van der Waals surface area contributed by atoms with Gasteiger partial charge in [-0.05, 0) is 62.2 Å². The van der Waals surface area contributed by atoms with Crippen molar-refractivity contribution >= 4 is 23.1 Å². The van der Waals surface area contributed by atoms with Gasteiger partial charge in [-0.1, -0.05) is 38.9 Å². The summed E-state index contributed by atoms with van der Waals surface area (Å²) in [7, 11) is 0. The topological polar surface area (TPSA) is 97.7 Å². The molecule has 0 amide bonds. The Morgan fingerprint density at radius 1 is 0.731 bits per heavy atom. The van der Waals surface area contributed by atoms with Crippen LogP contribution in [0.25, 0.3) is 0 Å². The van der Waals surface area contributed by atoms with E-state index in [0.717, 1.165) is 50.0 Å². The SMILES string of the molecule is CC(C)(CCCC[S+]([O-])CCCCC(C)(C)CCC(=O)O)CCC(=O)O. The molecule has 0 rings (SSSR count). The molecule has 0 aromatic heterocycles. The number of carboxylic acid groups (broad SMARTS) is 2. The molecule has 0 aliphatic rings. The van der Waals surface area contributed by atoms with Crippen LogP contribution in [0.4, 0.5) is 0 Å². The van der Waals surface area contributed by atoms with Gasteiger partial charge < -0.3 is 14.8 Å². The molecule has 0 aliphatic heterocycles. The highest BCUT2D eigenvalue weighted by Crippen LogP contribution is 2.30. The molecule has 0 saturated heterocycles. The molecule has 0 atom stereocenters. The van der Waals surface area contributed by atoms with Gasteiger partial charge in [-0.3, -0.25) is 9.59 Å². The summed E-state index contributed by atoms with van der Waals surface area (Å²) in [5.41, 5.74) is 0.0584. The van der Waals surface area contributed by atoms with Crippen LogP contribution in [0.1, 0.15) is 91.9 Å². The highest BCUT2D eigenvalue weighted by atomic mass is 32.2. The quantitative estimate of drug-likeness (QED) is 0.290. The summed E-state index contributed by atoms with van der Waals surface area (Å²) in [6, 6.07) is 0. The van der Waals surface area contributed by atoms with Gasteiger partial charge >= 0.3 is 11.9 Å². The summed E-state index contributed by atoms with van der Waals surface area (Å²) in [6.45, 7) is 8.38. The number of hydrogen-bond donors (Lipinski definition) is 2. The van der Waals surface area contributed by atoms with Crippen LogP contribution in [0, 0.1) is 10.8 Å². The third kappa shape index (κ3) is 15.5. The molecule has 2 N–H and O–H groups in total. The molecule has 0 saturated carbocycles. The fourth-order valence-electron chi connectivity index (χ4n) is 2.98. The second-order valence-corrected chi connectivity index (χ2v) is 10.6. The Morgan fingerprint density at radius 3 is 1.38 bits per heavy atom. The Kier molecular flexibility index (Phi) is 12.2. The van der Waals surface area contributed by atoms with E-state index in [4.69, 9.17) is 10.2 Å². The second kappa shape index (κ2) is 12.6. The minimum absolute atomic E-state index is 0.0292. The number of rotatable bonds is 16. The molecule has 0 aromatic rings. The highest BCUT2D eigenvalue weighted by Gasteiger charge is 2.20. The van der Waals surface area contributed by atoms with E-state index >= 15 is 0 Å². The van der Waals surface area contributed by atoms with E-state index in [0.29, 0.717) is 12.8 Å². The van der Waals surface area contributed by atoms with Crippen LogP contribution >= 0.6 is 0 Å². The minimum Gasteiger partial charge on any atom is -0.616 e. The molecule has 0 aromatic carbocycles. The summed E-state index contributed by atoms with van der Waals surface area (Å²) in [4.78, 5) is 21.3. The third-order valence-corrected chi connectivity index (χ3v) is 6.47. The summed E-state index contributed by atoms with van der Waals surface area (Å²) >= 11 is -0.787. The van der Waals surface area contributed by atoms with E-state index in [1.54, 1.807) is 0 Å². The molecule has 0 bridgehead atoms. The van der Waals surface area contributed by atoms with Crippen LogP contribution in [0.5, 0.6) is 0 Å². The Bertz CT molecular complexity index is 382. The molecule has 0 heterocycles. The Labute approximate surface area is 162 Å². The van der Waals surface area contributed by atoms with Gasteiger partial charge in [-0.2, -0.15) is 0 Å². The van der Waals surface area contributed by atoms with Crippen LogP contribution in [0.2, 0.25) is 0 Å². The third-order valence-electron chi connectivity index (χ3n) is 4.98. The lowest BCUT2D eigenvalue weighted by Gasteiger charge is -2.24. The van der Waals surface area contributed by atoms with Crippen molar-refractivity contribution in [1.29, 1.82) is 0 Å². The summed E-state index contributed by atoms with van der Waals surface area (Å²) in [5, 5.41) is 17.5. The molecule has 0 radical (unpaired) electrons. The molecule has 0 fully saturated rings. The van der Waals surface area contributed by atoms with Gasteiger partial charge in [0.2, 0.25) is 0 Å². The van der Waals surface area contributed by atoms with E-state index in [1.807, 2.05) is 0 Å². The molecular weight excluding hydrogens is 352 g/mol. The zero-order chi connectivity index (χ0) is 20.2. The maximum Gasteiger partial charge on any atom is 0.303 e. The lowest BCUT2D eigenvalue weighted by atomic mass is 9.83. The van der Waals surface area contributed by atoms with Crippen molar-refractivity contribution in [3.05, 3.63) is 0 Å². The molecule has 0 spiro atoms. The summed E-state index contributed by atoms with van der Waals surface area (Å²) in [5.74, 6) is -0.0508. The lowest BCUT2D eigenvalue weighted by Crippen LogP contribution is -2.16. The van der Waals surface area contributed by atoms with Crippen LogP contribution in [-0.2, 0) is 20.8 Å². The normalized spacial score (nSPS) is 12.5. The standard InChI is InChI=1S/C20H38O5S/c1-19(2,13-9-17(21)22)11-5-7-15-26(25)16-8-6-12-20(3,4)14-10-18(23)24/h5-16H2,1-4H3,(H,21,22)(H,23,24). The van der Waals surface area contributed by atoms with Crippen LogP contribution in [0.3, 0.4) is 0 Å². The first-order chi connectivity index (χ1) is 11.9. The first-order valence-corrected chi connectivity index (χ1v) is 11.2. The monoisotopic (exact) mass is 390 g/mol. The molecule has 5 nitrogen and oxygen atoms in total. The smallest absolute Gasteiger partial charge is 0.303 e. The van der Waals surface area contributed by atoms with E-state index in [2.05, 4.69) is 27.7 Å². The molecular formula is C20H38O5S. The minimum atomic E-state index is -0.787. The fourth-order valence-corrected chi connectivity index (χ4v) is 4.23. The maximum absolute atomic E-state index is 12.1. The molecule has 0 aliphatic carbocycles. The van der Waals surface area contributed by atoms with Gasteiger partial charge in [0.15, 0.2) is 0 Å². The van der Waals surface area contributed by atoms with Crippen molar-refractivity contribution in [1.82, 2.24) is 0 Å². The van der Waals surface area contributed by atoms with Crippen molar-refractivity contribution < 1.29 is 24.4 Å². The van der Waals surface area contributed by atoms with E-state index in [-0.39, 0.29) is 23.7 Å². The fraction of sp³-hybridized carbons (Fsp3) is 0.900. The van der Waals surface area contributed by atoms with Gasteiger partial charge in [0.05, 0.1) is 0 Å².